The zero-order valence-corrected chi connectivity index (χ0v) is 20.1. The van der Waals surface area contributed by atoms with E-state index in [1.54, 1.807) is 35.7 Å². The summed E-state index contributed by atoms with van der Waals surface area (Å²) in [6.07, 6.45) is 3.38. The third-order valence-corrected chi connectivity index (χ3v) is 6.99. The second-order valence-electron chi connectivity index (χ2n) is 8.20. The lowest BCUT2D eigenvalue weighted by Gasteiger charge is -2.36. The molecule has 3 aromatic heterocycles. The van der Waals surface area contributed by atoms with E-state index in [1.807, 2.05) is 42.3 Å². The molecule has 1 aliphatic heterocycles. The summed E-state index contributed by atoms with van der Waals surface area (Å²) in [6.45, 7) is 3.76. The molecule has 0 spiro atoms. The topological polar surface area (TPSA) is 79.6 Å². The number of anilines is 2. The summed E-state index contributed by atoms with van der Waals surface area (Å²) in [6, 6.07) is 12.0. The Bertz CT molecular complexity index is 1250. The molecule has 4 aromatic rings. The quantitative estimate of drug-likeness (QED) is 0.405. The van der Waals surface area contributed by atoms with Gasteiger partial charge in [-0.3, -0.25) is 9.48 Å². The van der Waals surface area contributed by atoms with Crippen LogP contribution in [0.15, 0.2) is 54.3 Å². The van der Waals surface area contributed by atoms with Crippen LogP contribution < -0.4 is 14.5 Å². The number of methoxy groups -OCH3 is 1. The fourth-order valence-electron chi connectivity index (χ4n) is 4.25. The molecule has 0 unspecified atom stereocenters. The molecular weight excluding hydrogens is 450 g/mol. The minimum absolute atomic E-state index is 0.126. The number of ether oxygens (including phenoxy) is 1. The number of carbonyl (C=O) groups excluding carboxylic acids is 1. The molecule has 1 aromatic carbocycles. The maximum atomic E-state index is 13.3. The van der Waals surface area contributed by atoms with E-state index in [9.17, 15) is 4.79 Å². The van der Waals surface area contributed by atoms with Gasteiger partial charge < -0.3 is 19.4 Å². The number of hydrogen-bond acceptors (Lipinski definition) is 8. The second-order valence-corrected chi connectivity index (χ2v) is 9.24. The minimum Gasteiger partial charge on any atom is -0.497 e. The Morgan fingerprint density at radius 3 is 2.62 bits per heavy atom. The van der Waals surface area contributed by atoms with Crippen LogP contribution in [0.4, 0.5) is 11.5 Å². The van der Waals surface area contributed by atoms with Crippen molar-refractivity contribution in [3.05, 3.63) is 59.2 Å². The van der Waals surface area contributed by atoms with Crippen molar-refractivity contribution in [1.29, 1.82) is 0 Å². The summed E-state index contributed by atoms with van der Waals surface area (Å²) in [5.41, 5.74) is 1.81. The number of rotatable bonds is 7. The normalized spacial score (nSPS) is 13.9. The van der Waals surface area contributed by atoms with E-state index in [0.717, 1.165) is 41.4 Å². The summed E-state index contributed by atoms with van der Waals surface area (Å²) in [7, 11) is 3.53. The molecule has 0 N–H and O–H groups in total. The number of carbonyl (C=O) groups is 1. The zero-order valence-electron chi connectivity index (χ0n) is 19.3. The van der Waals surface area contributed by atoms with Crippen molar-refractivity contribution in [2.75, 3.05) is 49.6 Å². The standard InChI is InChI=1S/C24H27N7O2S/c1-28-23-21(14-27-28)24(26-17-25-23)30-11-9-29(10-12-30)22(32)16-31(15-20-4-3-13-34-20)18-5-7-19(33-2)8-6-18/h3-8,13-14,17H,9-12,15-16H2,1-2H3. The molecule has 1 saturated heterocycles. The highest BCUT2D eigenvalue weighted by Gasteiger charge is 2.25. The molecule has 5 rings (SSSR count). The molecule has 34 heavy (non-hydrogen) atoms. The molecule has 0 atom stereocenters. The average Bonchev–Trinajstić information content (AvgIpc) is 3.53. The SMILES string of the molecule is COc1ccc(N(CC(=O)N2CCN(c3ncnc4c3cnn4C)CC2)Cc2cccs2)cc1. The van der Waals surface area contributed by atoms with Gasteiger partial charge in [0, 0.05) is 43.8 Å². The number of benzene rings is 1. The van der Waals surface area contributed by atoms with Gasteiger partial charge in [0.15, 0.2) is 5.65 Å². The molecule has 1 amide bonds. The van der Waals surface area contributed by atoms with Crippen molar-refractivity contribution in [3.63, 3.8) is 0 Å². The number of hydrogen-bond donors (Lipinski definition) is 0. The lowest BCUT2D eigenvalue weighted by atomic mass is 10.2. The van der Waals surface area contributed by atoms with Crippen molar-refractivity contribution >= 4 is 39.8 Å². The van der Waals surface area contributed by atoms with E-state index in [2.05, 4.69) is 36.3 Å². The van der Waals surface area contributed by atoms with Crippen LogP contribution in [0.2, 0.25) is 0 Å². The Kier molecular flexibility index (Phi) is 6.31. The van der Waals surface area contributed by atoms with E-state index < -0.39 is 0 Å². The molecule has 9 nitrogen and oxygen atoms in total. The van der Waals surface area contributed by atoms with E-state index in [-0.39, 0.29) is 5.91 Å². The molecule has 0 bridgehead atoms. The molecule has 1 aliphatic rings. The van der Waals surface area contributed by atoms with E-state index in [4.69, 9.17) is 4.74 Å². The van der Waals surface area contributed by atoms with Crippen molar-refractivity contribution < 1.29 is 9.53 Å². The maximum Gasteiger partial charge on any atom is 0.242 e. The monoisotopic (exact) mass is 477 g/mol. The predicted molar refractivity (Wildman–Crippen MR) is 133 cm³/mol. The molecule has 0 saturated carbocycles. The number of thiophene rings is 1. The van der Waals surface area contributed by atoms with Gasteiger partial charge in [0.1, 0.15) is 17.9 Å². The van der Waals surface area contributed by atoms with E-state index in [0.29, 0.717) is 26.2 Å². The van der Waals surface area contributed by atoms with Crippen LogP contribution in [-0.2, 0) is 18.4 Å². The second kappa shape index (κ2) is 9.68. The molecule has 4 heterocycles. The van der Waals surface area contributed by atoms with Crippen molar-refractivity contribution in [3.8, 4) is 5.75 Å². The third-order valence-electron chi connectivity index (χ3n) is 6.13. The van der Waals surface area contributed by atoms with Gasteiger partial charge in [0.2, 0.25) is 5.91 Å². The number of nitrogens with zero attached hydrogens (tertiary/aromatic N) is 7. The fourth-order valence-corrected chi connectivity index (χ4v) is 4.97. The summed E-state index contributed by atoms with van der Waals surface area (Å²) >= 11 is 1.70. The van der Waals surface area contributed by atoms with Gasteiger partial charge in [0.05, 0.1) is 31.8 Å². The van der Waals surface area contributed by atoms with Crippen LogP contribution >= 0.6 is 11.3 Å². The zero-order chi connectivity index (χ0) is 23.5. The number of fused-ring (bicyclic) bond motifs is 1. The van der Waals surface area contributed by atoms with Crippen LogP contribution in [-0.4, -0.2) is 70.4 Å². The fraction of sp³-hybridized carbons (Fsp3) is 0.333. The summed E-state index contributed by atoms with van der Waals surface area (Å²) < 4.78 is 7.05. The molecule has 0 aliphatic carbocycles. The van der Waals surface area contributed by atoms with Gasteiger partial charge in [0.25, 0.3) is 0 Å². The Morgan fingerprint density at radius 2 is 1.91 bits per heavy atom. The summed E-state index contributed by atoms with van der Waals surface area (Å²) in [5, 5.41) is 7.31. The van der Waals surface area contributed by atoms with Crippen molar-refractivity contribution in [2.24, 2.45) is 7.05 Å². The predicted octanol–water partition coefficient (Wildman–Crippen LogP) is 2.79. The first-order valence-electron chi connectivity index (χ1n) is 11.2. The van der Waals surface area contributed by atoms with E-state index in [1.165, 1.54) is 4.88 Å². The first-order valence-corrected chi connectivity index (χ1v) is 12.1. The lowest BCUT2D eigenvalue weighted by Crippen LogP contribution is -2.51. The van der Waals surface area contributed by atoms with Gasteiger partial charge in [-0.2, -0.15) is 5.10 Å². The van der Waals surface area contributed by atoms with Crippen LogP contribution in [0.3, 0.4) is 0 Å². The van der Waals surface area contributed by atoms with Crippen LogP contribution in [0.5, 0.6) is 5.75 Å². The highest BCUT2D eigenvalue weighted by Crippen LogP contribution is 2.25. The average molecular weight is 478 g/mol. The van der Waals surface area contributed by atoms with Crippen LogP contribution in [0.1, 0.15) is 4.88 Å². The Morgan fingerprint density at radius 1 is 1.12 bits per heavy atom. The third kappa shape index (κ3) is 4.54. The van der Waals surface area contributed by atoms with Gasteiger partial charge in [-0.25, -0.2) is 9.97 Å². The van der Waals surface area contributed by atoms with Gasteiger partial charge in [-0.15, -0.1) is 11.3 Å². The first-order chi connectivity index (χ1) is 16.6. The number of amides is 1. The molecular formula is C24H27N7O2S. The van der Waals surface area contributed by atoms with Gasteiger partial charge >= 0.3 is 0 Å². The Labute approximate surface area is 202 Å². The van der Waals surface area contributed by atoms with Gasteiger partial charge in [-0.05, 0) is 35.7 Å². The largest absolute Gasteiger partial charge is 0.497 e. The van der Waals surface area contributed by atoms with Crippen LogP contribution in [0, 0.1) is 0 Å². The number of aryl methyl sites for hydroxylation is 1. The highest BCUT2D eigenvalue weighted by molar-refractivity contribution is 7.09. The smallest absolute Gasteiger partial charge is 0.242 e. The van der Waals surface area contributed by atoms with Crippen molar-refractivity contribution in [1.82, 2.24) is 24.6 Å². The number of piperazine rings is 1. The van der Waals surface area contributed by atoms with E-state index >= 15 is 0 Å². The van der Waals surface area contributed by atoms with Gasteiger partial charge in [-0.1, -0.05) is 6.07 Å². The highest BCUT2D eigenvalue weighted by atomic mass is 32.1. The lowest BCUT2D eigenvalue weighted by molar-refractivity contribution is -0.130. The van der Waals surface area contributed by atoms with Crippen molar-refractivity contribution in [2.45, 2.75) is 6.54 Å². The summed E-state index contributed by atoms with van der Waals surface area (Å²) in [4.78, 5) is 29.6. The molecule has 0 radical (unpaired) electrons. The molecule has 1 fully saturated rings. The Balaban J connectivity index is 1.26. The van der Waals surface area contributed by atoms with Crippen LogP contribution in [0.25, 0.3) is 11.0 Å². The summed E-state index contributed by atoms with van der Waals surface area (Å²) in [5.74, 6) is 1.80. The molecule has 176 valence electrons. The first kappa shape index (κ1) is 22.1. The number of aromatic nitrogens is 4. The maximum absolute atomic E-state index is 13.3. The Hall–Kier alpha value is -3.66. The minimum atomic E-state index is 0.126. The molecule has 10 heteroatoms.